The fraction of sp³-hybridized carbons (Fsp3) is 0.615. The standard InChI is InChI=1S/C13H21NO3S2/c1-10(19(3)16)6-7-14-9-12-5-4-11(18-12)8-13(15)17-2/h4-5,10,14H,6-9H2,1-3H3. The number of esters is 1. The molecule has 19 heavy (non-hydrogen) atoms. The van der Waals surface area contributed by atoms with Crippen LogP contribution >= 0.6 is 11.3 Å². The van der Waals surface area contributed by atoms with Crippen LogP contribution in [0.5, 0.6) is 0 Å². The lowest BCUT2D eigenvalue weighted by Gasteiger charge is -2.08. The molecule has 0 amide bonds. The lowest BCUT2D eigenvalue weighted by Crippen LogP contribution is -2.20. The van der Waals surface area contributed by atoms with Crippen molar-refractivity contribution in [2.24, 2.45) is 0 Å². The molecule has 0 radical (unpaired) electrons. The minimum atomic E-state index is -0.751. The van der Waals surface area contributed by atoms with Gasteiger partial charge in [-0.15, -0.1) is 11.3 Å². The van der Waals surface area contributed by atoms with Gasteiger partial charge >= 0.3 is 5.97 Å². The molecule has 1 heterocycles. The zero-order chi connectivity index (χ0) is 14.3. The first-order valence-corrected chi connectivity index (χ1v) is 8.64. The third-order valence-corrected chi connectivity index (χ3v) is 5.31. The predicted molar refractivity (Wildman–Crippen MR) is 79.9 cm³/mol. The fourth-order valence-electron chi connectivity index (χ4n) is 1.51. The van der Waals surface area contributed by atoms with Gasteiger partial charge in [0, 0.05) is 38.6 Å². The lowest BCUT2D eigenvalue weighted by atomic mass is 10.3. The van der Waals surface area contributed by atoms with Gasteiger partial charge in [-0.3, -0.25) is 9.00 Å². The minimum Gasteiger partial charge on any atom is -0.469 e. The summed E-state index contributed by atoms with van der Waals surface area (Å²) in [5.74, 6) is -0.208. The molecule has 0 fully saturated rings. The molecule has 0 saturated carbocycles. The highest BCUT2D eigenvalue weighted by Gasteiger charge is 2.07. The van der Waals surface area contributed by atoms with Crippen molar-refractivity contribution >= 4 is 28.1 Å². The van der Waals surface area contributed by atoms with E-state index < -0.39 is 10.8 Å². The number of ether oxygens (including phenoxy) is 1. The van der Waals surface area contributed by atoms with Crippen molar-refractivity contribution < 1.29 is 13.7 Å². The Morgan fingerprint density at radius 1 is 1.47 bits per heavy atom. The van der Waals surface area contributed by atoms with Crippen LogP contribution in [0.4, 0.5) is 0 Å². The zero-order valence-electron chi connectivity index (χ0n) is 11.6. The number of carbonyl (C=O) groups is 1. The molecule has 6 heteroatoms. The Morgan fingerprint density at radius 3 is 2.79 bits per heavy atom. The molecule has 0 aliphatic heterocycles. The fourth-order valence-corrected chi connectivity index (χ4v) is 2.93. The minimum absolute atomic E-state index is 0.208. The van der Waals surface area contributed by atoms with Gasteiger partial charge in [-0.05, 0) is 25.1 Å². The highest BCUT2D eigenvalue weighted by molar-refractivity contribution is 7.84. The van der Waals surface area contributed by atoms with Gasteiger partial charge in [-0.2, -0.15) is 0 Å². The van der Waals surface area contributed by atoms with E-state index in [1.165, 1.54) is 12.0 Å². The summed E-state index contributed by atoms with van der Waals surface area (Å²) < 4.78 is 15.8. The number of nitrogens with one attached hydrogen (secondary N) is 1. The number of hydrogen-bond donors (Lipinski definition) is 1. The molecule has 1 N–H and O–H groups in total. The Hall–Kier alpha value is -0.720. The first-order chi connectivity index (χ1) is 9.02. The van der Waals surface area contributed by atoms with Gasteiger partial charge in [0.2, 0.25) is 0 Å². The highest BCUT2D eigenvalue weighted by Crippen LogP contribution is 2.17. The van der Waals surface area contributed by atoms with Crippen molar-refractivity contribution in [2.45, 2.75) is 31.6 Å². The molecule has 0 bridgehead atoms. The van der Waals surface area contributed by atoms with Gasteiger partial charge < -0.3 is 10.1 Å². The summed E-state index contributed by atoms with van der Waals surface area (Å²) in [5.41, 5.74) is 0. The van der Waals surface area contributed by atoms with E-state index in [1.54, 1.807) is 17.6 Å². The summed E-state index contributed by atoms with van der Waals surface area (Å²) in [6.45, 7) is 3.64. The van der Waals surface area contributed by atoms with Crippen LogP contribution in [0, 0.1) is 0 Å². The molecule has 0 spiro atoms. The Morgan fingerprint density at radius 2 is 2.16 bits per heavy atom. The highest BCUT2D eigenvalue weighted by atomic mass is 32.2. The SMILES string of the molecule is COC(=O)Cc1ccc(CNCCC(C)S(C)=O)s1. The van der Waals surface area contributed by atoms with Crippen molar-refractivity contribution in [1.82, 2.24) is 5.32 Å². The molecule has 4 nitrogen and oxygen atoms in total. The molecule has 1 aromatic rings. The van der Waals surface area contributed by atoms with Crippen molar-refractivity contribution in [2.75, 3.05) is 19.9 Å². The third-order valence-electron chi connectivity index (χ3n) is 2.86. The van der Waals surface area contributed by atoms with Crippen LogP contribution in [-0.4, -0.2) is 35.3 Å². The van der Waals surface area contributed by atoms with Crippen molar-refractivity contribution in [3.8, 4) is 0 Å². The maximum atomic E-state index is 11.2. The second-order valence-electron chi connectivity index (χ2n) is 4.40. The van der Waals surface area contributed by atoms with Gasteiger partial charge in [0.15, 0.2) is 0 Å². The Kier molecular flexibility index (Phi) is 7.27. The smallest absolute Gasteiger partial charge is 0.310 e. The van der Waals surface area contributed by atoms with Crippen molar-refractivity contribution in [3.63, 3.8) is 0 Å². The van der Waals surface area contributed by atoms with Crippen molar-refractivity contribution in [1.29, 1.82) is 0 Å². The number of carbonyl (C=O) groups excluding carboxylic acids is 1. The first kappa shape index (κ1) is 16.3. The van der Waals surface area contributed by atoms with E-state index in [4.69, 9.17) is 0 Å². The second kappa shape index (κ2) is 8.45. The number of methoxy groups -OCH3 is 1. The topological polar surface area (TPSA) is 55.4 Å². The van der Waals surface area contributed by atoms with Gasteiger partial charge in [0.25, 0.3) is 0 Å². The van der Waals surface area contributed by atoms with Gasteiger partial charge in [0.05, 0.1) is 13.5 Å². The lowest BCUT2D eigenvalue weighted by molar-refractivity contribution is -0.139. The Labute approximate surface area is 121 Å². The number of thiophene rings is 1. The van der Waals surface area contributed by atoms with E-state index in [-0.39, 0.29) is 11.2 Å². The van der Waals surface area contributed by atoms with E-state index in [1.807, 2.05) is 19.1 Å². The second-order valence-corrected chi connectivity index (χ2v) is 7.45. The summed E-state index contributed by atoms with van der Waals surface area (Å²) in [4.78, 5) is 13.3. The first-order valence-electron chi connectivity index (χ1n) is 6.20. The van der Waals surface area contributed by atoms with Gasteiger partial charge in [-0.25, -0.2) is 0 Å². The maximum absolute atomic E-state index is 11.2. The van der Waals surface area contributed by atoms with E-state index >= 15 is 0 Å². The van der Waals surface area contributed by atoms with E-state index in [2.05, 4.69) is 10.1 Å². The van der Waals surface area contributed by atoms with Gasteiger partial charge in [0.1, 0.15) is 0 Å². The Bertz CT molecular complexity index is 431. The third kappa shape index (κ3) is 6.31. The molecule has 1 aromatic heterocycles. The molecule has 0 aliphatic rings. The molecular formula is C13H21NO3S2. The van der Waals surface area contributed by atoms with E-state index in [0.717, 1.165) is 24.4 Å². The largest absolute Gasteiger partial charge is 0.469 e. The zero-order valence-corrected chi connectivity index (χ0v) is 13.2. The molecule has 108 valence electrons. The molecular weight excluding hydrogens is 282 g/mol. The predicted octanol–water partition coefficient (Wildman–Crippen LogP) is 1.71. The van der Waals surface area contributed by atoms with Gasteiger partial charge in [-0.1, -0.05) is 6.92 Å². The summed E-state index contributed by atoms with van der Waals surface area (Å²) in [6.07, 6.45) is 2.99. The molecule has 0 aliphatic carbocycles. The quantitative estimate of drug-likeness (QED) is 0.587. The van der Waals surface area contributed by atoms with E-state index in [0.29, 0.717) is 6.42 Å². The summed E-state index contributed by atoms with van der Waals surface area (Å²) in [5, 5.41) is 3.56. The van der Waals surface area contributed by atoms with Crippen LogP contribution in [0.3, 0.4) is 0 Å². The van der Waals surface area contributed by atoms with Crippen LogP contribution in [0.15, 0.2) is 12.1 Å². The summed E-state index contributed by atoms with van der Waals surface area (Å²) >= 11 is 1.62. The Balaban J connectivity index is 2.27. The van der Waals surface area contributed by atoms with Crippen LogP contribution in [0.25, 0.3) is 0 Å². The average Bonchev–Trinajstić information content (AvgIpc) is 2.81. The van der Waals surface area contributed by atoms with Crippen LogP contribution in [0.1, 0.15) is 23.1 Å². The molecule has 1 rings (SSSR count). The van der Waals surface area contributed by atoms with Crippen LogP contribution in [-0.2, 0) is 33.3 Å². The van der Waals surface area contributed by atoms with Crippen molar-refractivity contribution in [3.05, 3.63) is 21.9 Å². The van der Waals surface area contributed by atoms with E-state index in [9.17, 15) is 9.00 Å². The summed E-state index contributed by atoms with van der Waals surface area (Å²) in [6, 6.07) is 3.99. The molecule has 2 unspecified atom stereocenters. The number of hydrogen-bond acceptors (Lipinski definition) is 5. The average molecular weight is 303 g/mol. The normalized spacial score (nSPS) is 14.1. The molecule has 0 aromatic carbocycles. The maximum Gasteiger partial charge on any atom is 0.310 e. The van der Waals surface area contributed by atoms with Crippen LogP contribution in [0.2, 0.25) is 0 Å². The molecule has 2 atom stereocenters. The molecule has 0 saturated heterocycles. The number of rotatable bonds is 8. The van der Waals surface area contributed by atoms with Crippen LogP contribution < -0.4 is 5.32 Å². The summed E-state index contributed by atoms with van der Waals surface area (Å²) in [7, 11) is 0.649. The monoisotopic (exact) mass is 303 g/mol.